The van der Waals surface area contributed by atoms with Gasteiger partial charge in [-0.2, -0.15) is 0 Å². The van der Waals surface area contributed by atoms with Crippen molar-refractivity contribution >= 4 is 6.29 Å². The number of aldehydes is 1. The quantitative estimate of drug-likeness (QED) is 0.757. The van der Waals surface area contributed by atoms with Crippen LogP contribution >= 0.6 is 0 Å². The fraction of sp³-hybridized carbons (Fsp3) is 0.188. The van der Waals surface area contributed by atoms with Crippen LogP contribution in [-0.4, -0.2) is 6.29 Å². The molecule has 0 aliphatic carbocycles. The third-order valence-corrected chi connectivity index (χ3v) is 2.92. The highest BCUT2D eigenvalue weighted by atomic mass is 19.1. The lowest BCUT2D eigenvalue weighted by molar-refractivity contribution is 0.112. The topological polar surface area (TPSA) is 26.3 Å². The van der Waals surface area contributed by atoms with Crippen molar-refractivity contribution in [1.82, 2.24) is 0 Å². The van der Waals surface area contributed by atoms with Crippen molar-refractivity contribution < 1.29 is 18.3 Å². The fourth-order valence-electron chi connectivity index (χ4n) is 1.78. The summed E-state index contributed by atoms with van der Waals surface area (Å²) in [5, 5.41) is 0. The van der Waals surface area contributed by atoms with E-state index in [0.717, 1.165) is 17.7 Å². The van der Waals surface area contributed by atoms with Gasteiger partial charge in [0.1, 0.15) is 12.0 Å². The Labute approximate surface area is 116 Å². The van der Waals surface area contributed by atoms with E-state index in [4.69, 9.17) is 4.74 Å². The van der Waals surface area contributed by atoms with Gasteiger partial charge in [-0.3, -0.25) is 4.79 Å². The highest BCUT2D eigenvalue weighted by Crippen LogP contribution is 2.29. The van der Waals surface area contributed by atoms with Crippen molar-refractivity contribution in [3.05, 3.63) is 59.2 Å². The number of carbonyl (C=O) groups is 1. The average Bonchev–Trinajstić information content (AvgIpc) is 2.43. The highest BCUT2D eigenvalue weighted by Gasteiger charge is 2.13. The van der Waals surface area contributed by atoms with E-state index in [1.54, 1.807) is 12.1 Å². The van der Waals surface area contributed by atoms with E-state index >= 15 is 0 Å². The van der Waals surface area contributed by atoms with Gasteiger partial charge in [0.2, 0.25) is 0 Å². The lowest BCUT2D eigenvalue weighted by atomic mass is 10.0. The van der Waals surface area contributed by atoms with Crippen LogP contribution in [0.3, 0.4) is 0 Å². The van der Waals surface area contributed by atoms with Gasteiger partial charge in [0.15, 0.2) is 17.4 Å². The molecular weight excluding hydrogens is 262 g/mol. The van der Waals surface area contributed by atoms with Crippen LogP contribution in [-0.2, 0) is 0 Å². The fourth-order valence-corrected chi connectivity index (χ4v) is 1.78. The first-order valence-electron chi connectivity index (χ1n) is 6.23. The first-order chi connectivity index (χ1) is 9.51. The summed E-state index contributed by atoms with van der Waals surface area (Å²) in [4.78, 5) is 10.5. The first kappa shape index (κ1) is 14.2. The Morgan fingerprint density at radius 2 is 1.60 bits per heavy atom. The van der Waals surface area contributed by atoms with Gasteiger partial charge in [-0.05, 0) is 35.7 Å². The molecule has 2 aromatic rings. The molecule has 0 saturated carbocycles. The van der Waals surface area contributed by atoms with E-state index in [-0.39, 0.29) is 5.56 Å². The van der Waals surface area contributed by atoms with Crippen LogP contribution in [0.4, 0.5) is 8.78 Å². The minimum absolute atomic E-state index is 0.0671. The summed E-state index contributed by atoms with van der Waals surface area (Å²) >= 11 is 0. The summed E-state index contributed by atoms with van der Waals surface area (Å²) in [5.74, 6) is -1.61. The molecule has 0 aliphatic rings. The smallest absolute Gasteiger partial charge is 0.198 e. The SMILES string of the molecule is CC(C)c1ccc(Oc2c(F)cc(C=O)cc2F)cc1. The van der Waals surface area contributed by atoms with Gasteiger partial charge >= 0.3 is 0 Å². The molecule has 0 spiro atoms. The monoisotopic (exact) mass is 276 g/mol. The van der Waals surface area contributed by atoms with E-state index in [2.05, 4.69) is 0 Å². The molecule has 2 rings (SSSR count). The zero-order valence-corrected chi connectivity index (χ0v) is 11.2. The Hall–Kier alpha value is -2.23. The van der Waals surface area contributed by atoms with E-state index in [1.165, 1.54) is 0 Å². The zero-order chi connectivity index (χ0) is 14.7. The summed E-state index contributed by atoms with van der Waals surface area (Å²) in [6.45, 7) is 4.10. The van der Waals surface area contributed by atoms with E-state index in [1.807, 2.05) is 26.0 Å². The molecule has 0 fully saturated rings. The minimum atomic E-state index is -0.903. The van der Waals surface area contributed by atoms with Gasteiger partial charge in [-0.1, -0.05) is 26.0 Å². The average molecular weight is 276 g/mol. The Kier molecular flexibility index (Phi) is 4.13. The Morgan fingerprint density at radius 3 is 2.05 bits per heavy atom. The molecule has 0 amide bonds. The molecule has 4 heteroatoms. The van der Waals surface area contributed by atoms with Crippen molar-refractivity contribution in [2.75, 3.05) is 0 Å². The third-order valence-electron chi connectivity index (χ3n) is 2.92. The van der Waals surface area contributed by atoms with E-state index < -0.39 is 17.4 Å². The maximum Gasteiger partial charge on any atom is 0.198 e. The largest absolute Gasteiger partial charge is 0.451 e. The number of hydrogen-bond donors (Lipinski definition) is 0. The van der Waals surface area contributed by atoms with Crippen molar-refractivity contribution in [2.45, 2.75) is 19.8 Å². The van der Waals surface area contributed by atoms with E-state index in [9.17, 15) is 13.6 Å². The molecule has 0 bridgehead atoms. The maximum atomic E-state index is 13.7. The molecule has 0 N–H and O–H groups in total. The summed E-state index contributed by atoms with van der Waals surface area (Å²) in [7, 11) is 0. The van der Waals surface area contributed by atoms with Gasteiger partial charge in [-0.25, -0.2) is 8.78 Å². The number of halogens is 2. The van der Waals surface area contributed by atoms with Crippen LogP contribution in [0.1, 0.15) is 35.7 Å². The normalized spacial score (nSPS) is 10.7. The number of ether oxygens (including phenoxy) is 1. The molecule has 0 aliphatic heterocycles. The molecule has 0 aromatic heterocycles. The summed E-state index contributed by atoms with van der Waals surface area (Å²) in [6, 6.07) is 8.87. The predicted molar refractivity (Wildman–Crippen MR) is 72.4 cm³/mol. The molecule has 104 valence electrons. The summed E-state index contributed by atoms with van der Waals surface area (Å²) in [5.41, 5.74) is 1.04. The molecule has 2 nitrogen and oxygen atoms in total. The van der Waals surface area contributed by atoms with Crippen LogP contribution in [0.15, 0.2) is 36.4 Å². The second kappa shape index (κ2) is 5.82. The van der Waals surface area contributed by atoms with Gasteiger partial charge in [0.05, 0.1) is 0 Å². The van der Waals surface area contributed by atoms with Gasteiger partial charge in [0.25, 0.3) is 0 Å². The standard InChI is InChI=1S/C16H14F2O2/c1-10(2)12-3-5-13(6-4-12)20-16-14(17)7-11(9-19)8-15(16)18/h3-10H,1-2H3. The summed E-state index contributed by atoms with van der Waals surface area (Å²) < 4.78 is 32.5. The highest BCUT2D eigenvalue weighted by molar-refractivity contribution is 5.75. The van der Waals surface area contributed by atoms with Gasteiger partial charge in [-0.15, -0.1) is 0 Å². The van der Waals surface area contributed by atoms with Crippen LogP contribution in [0.25, 0.3) is 0 Å². The molecule has 0 heterocycles. The molecule has 0 saturated heterocycles. The molecule has 20 heavy (non-hydrogen) atoms. The van der Waals surface area contributed by atoms with Crippen LogP contribution in [0.2, 0.25) is 0 Å². The third kappa shape index (κ3) is 3.02. The van der Waals surface area contributed by atoms with Crippen LogP contribution < -0.4 is 4.74 Å². The number of carbonyl (C=O) groups excluding carboxylic acids is 1. The molecular formula is C16H14F2O2. The lowest BCUT2D eigenvalue weighted by Gasteiger charge is -2.10. The predicted octanol–water partition coefficient (Wildman–Crippen LogP) is 4.69. The Bertz CT molecular complexity index is 596. The number of hydrogen-bond acceptors (Lipinski definition) is 2. The van der Waals surface area contributed by atoms with Crippen molar-refractivity contribution in [2.24, 2.45) is 0 Å². The lowest BCUT2D eigenvalue weighted by Crippen LogP contribution is -1.95. The molecule has 0 atom stereocenters. The number of rotatable bonds is 4. The molecule has 0 radical (unpaired) electrons. The minimum Gasteiger partial charge on any atom is -0.451 e. The first-order valence-corrected chi connectivity index (χ1v) is 6.23. The van der Waals surface area contributed by atoms with Crippen molar-refractivity contribution in [3.8, 4) is 11.5 Å². The number of benzene rings is 2. The molecule has 2 aromatic carbocycles. The van der Waals surface area contributed by atoms with Crippen LogP contribution in [0, 0.1) is 11.6 Å². The Balaban J connectivity index is 2.28. The van der Waals surface area contributed by atoms with Gasteiger partial charge in [0, 0.05) is 5.56 Å². The Morgan fingerprint density at radius 1 is 1.05 bits per heavy atom. The second-order valence-corrected chi connectivity index (χ2v) is 4.76. The van der Waals surface area contributed by atoms with Crippen molar-refractivity contribution in [3.63, 3.8) is 0 Å². The van der Waals surface area contributed by atoms with Crippen molar-refractivity contribution in [1.29, 1.82) is 0 Å². The second-order valence-electron chi connectivity index (χ2n) is 4.76. The summed E-state index contributed by atoms with van der Waals surface area (Å²) in [6.07, 6.45) is 0.382. The zero-order valence-electron chi connectivity index (χ0n) is 11.2. The van der Waals surface area contributed by atoms with E-state index in [0.29, 0.717) is 18.0 Å². The maximum absolute atomic E-state index is 13.7. The van der Waals surface area contributed by atoms with Gasteiger partial charge < -0.3 is 4.74 Å². The van der Waals surface area contributed by atoms with Crippen LogP contribution in [0.5, 0.6) is 11.5 Å². The molecule has 0 unspecified atom stereocenters.